The van der Waals surface area contributed by atoms with E-state index in [4.69, 9.17) is 32.9 Å². The van der Waals surface area contributed by atoms with Gasteiger partial charge in [-0.15, -0.1) is 0 Å². The Labute approximate surface area is 277 Å². The summed E-state index contributed by atoms with van der Waals surface area (Å²) in [5.41, 5.74) is 4.57. The molecule has 12 heteroatoms. The Bertz CT molecular complexity index is 1740. The summed E-state index contributed by atoms with van der Waals surface area (Å²) in [6.45, 7) is 3.30. The van der Waals surface area contributed by atoms with Crippen LogP contribution in [0.15, 0.2) is 60.8 Å². The first-order valence-electron chi connectivity index (χ1n) is 15.2. The molecule has 2 saturated heterocycles. The fourth-order valence-electron chi connectivity index (χ4n) is 5.89. The molecule has 2 aromatic heterocycles. The third kappa shape index (κ3) is 6.96. The fourth-order valence-corrected chi connectivity index (χ4v) is 6.46. The van der Waals surface area contributed by atoms with E-state index in [1.54, 1.807) is 37.6 Å². The average Bonchev–Trinajstić information content (AvgIpc) is 3.46. The van der Waals surface area contributed by atoms with Gasteiger partial charge in [-0.05, 0) is 24.6 Å². The lowest BCUT2D eigenvalue weighted by molar-refractivity contribution is -0.119. The number of carbonyl (C=O) groups is 1. The molecule has 6 rings (SSSR count). The van der Waals surface area contributed by atoms with Gasteiger partial charge in [-0.2, -0.15) is 0 Å². The molecule has 2 aliphatic rings. The minimum absolute atomic E-state index is 0.0873. The number of hydrogen-bond acceptors (Lipinski definition) is 8. The van der Waals surface area contributed by atoms with Gasteiger partial charge >= 0.3 is 0 Å². The van der Waals surface area contributed by atoms with E-state index in [1.807, 2.05) is 30.3 Å². The number of carbonyl (C=O) groups excluding carboxylic acids is 1. The van der Waals surface area contributed by atoms with Gasteiger partial charge in [-0.3, -0.25) is 14.7 Å². The topological polar surface area (TPSA) is 112 Å². The normalized spacial score (nSPS) is 16.7. The molecule has 2 aliphatic heterocycles. The number of aromatic nitrogens is 2. The highest BCUT2D eigenvalue weighted by atomic mass is 35.5. The Hall–Kier alpha value is -3.80. The maximum absolute atomic E-state index is 15.5. The number of likely N-dealkylation sites (tertiary alicyclic amines) is 1. The minimum Gasteiger partial charge on any atom is -0.481 e. The molecule has 4 aromatic rings. The van der Waals surface area contributed by atoms with Crippen molar-refractivity contribution in [3.05, 3.63) is 87.8 Å². The summed E-state index contributed by atoms with van der Waals surface area (Å²) in [5, 5.41) is 19.5. The summed E-state index contributed by atoms with van der Waals surface area (Å²) in [5.74, 6) is 0.454. The summed E-state index contributed by atoms with van der Waals surface area (Å²) >= 11 is 13.8. The summed E-state index contributed by atoms with van der Waals surface area (Å²) < 4.78 is 21.1. The lowest BCUT2D eigenvalue weighted by Crippen LogP contribution is -2.47. The molecule has 2 fully saturated rings. The van der Waals surface area contributed by atoms with Crippen LogP contribution >= 0.6 is 23.2 Å². The molecular weight excluding hydrogens is 630 g/mol. The van der Waals surface area contributed by atoms with Crippen LogP contribution in [0.4, 0.5) is 15.8 Å². The molecule has 0 spiro atoms. The van der Waals surface area contributed by atoms with Crippen molar-refractivity contribution in [2.24, 2.45) is 5.92 Å². The van der Waals surface area contributed by atoms with E-state index in [9.17, 15) is 9.90 Å². The van der Waals surface area contributed by atoms with Gasteiger partial charge in [-0.25, -0.2) is 9.37 Å². The third-order valence-electron chi connectivity index (χ3n) is 8.38. The average molecular weight is 666 g/mol. The van der Waals surface area contributed by atoms with Crippen LogP contribution in [0.1, 0.15) is 24.0 Å². The molecule has 46 heavy (non-hydrogen) atoms. The van der Waals surface area contributed by atoms with Gasteiger partial charge in [0.1, 0.15) is 0 Å². The number of aliphatic hydroxyl groups excluding tert-OH is 1. The number of nitrogens with one attached hydrogen (secondary N) is 3. The summed E-state index contributed by atoms with van der Waals surface area (Å²) in [6.07, 6.45) is 2.98. The molecule has 0 saturated carbocycles. The second-order valence-corrected chi connectivity index (χ2v) is 12.4. The monoisotopic (exact) mass is 664 g/mol. The van der Waals surface area contributed by atoms with Gasteiger partial charge in [0.05, 0.1) is 39.9 Å². The first kappa shape index (κ1) is 32.2. The van der Waals surface area contributed by atoms with Crippen LogP contribution in [0.25, 0.3) is 22.5 Å². The van der Waals surface area contributed by atoms with Crippen molar-refractivity contribution in [2.45, 2.75) is 32.0 Å². The van der Waals surface area contributed by atoms with E-state index in [2.05, 4.69) is 25.8 Å². The summed E-state index contributed by atoms with van der Waals surface area (Å²) in [4.78, 5) is 22.8. The zero-order valence-corrected chi connectivity index (χ0v) is 26.8. The van der Waals surface area contributed by atoms with E-state index in [0.717, 1.165) is 25.1 Å². The van der Waals surface area contributed by atoms with Gasteiger partial charge in [0.25, 0.3) is 0 Å². The molecular formula is C34H35Cl2FN6O3. The van der Waals surface area contributed by atoms with Crippen molar-refractivity contribution in [2.75, 3.05) is 38.7 Å². The molecule has 4 heterocycles. The quantitative estimate of drug-likeness (QED) is 0.150. The van der Waals surface area contributed by atoms with Crippen molar-refractivity contribution in [1.29, 1.82) is 0 Å². The van der Waals surface area contributed by atoms with Gasteiger partial charge < -0.3 is 25.8 Å². The maximum atomic E-state index is 15.5. The highest BCUT2D eigenvalue weighted by molar-refractivity contribution is 6.39. The number of halogens is 3. The largest absolute Gasteiger partial charge is 0.481 e. The Kier molecular flexibility index (Phi) is 10.0. The molecule has 0 bridgehead atoms. The number of methoxy groups -OCH3 is 1. The number of rotatable bonds is 12. The number of anilines is 2. The van der Waals surface area contributed by atoms with Crippen LogP contribution in [-0.4, -0.2) is 65.3 Å². The molecule has 4 N–H and O–H groups in total. The van der Waals surface area contributed by atoms with Gasteiger partial charge in [0.2, 0.25) is 11.8 Å². The number of benzene rings is 2. The van der Waals surface area contributed by atoms with Crippen molar-refractivity contribution >= 4 is 40.5 Å². The van der Waals surface area contributed by atoms with E-state index in [-0.39, 0.29) is 30.3 Å². The Morgan fingerprint density at radius 1 is 1.04 bits per heavy atom. The van der Waals surface area contributed by atoms with Crippen molar-refractivity contribution in [1.82, 2.24) is 25.5 Å². The van der Waals surface area contributed by atoms with Gasteiger partial charge in [0, 0.05) is 86.2 Å². The van der Waals surface area contributed by atoms with Crippen LogP contribution in [0.3, 0.4) is 0 Å². The van der Waals surface area contributed by atoms with Gasteiger partial charge in [-0.1, -0.05) is 59.6 Å². The van der Waals surface area contributed by atoms with Crippen LogP contribution in [0.2, 0.25) is 10.0 Å². The first-order chi connectivity index (χ1) is 22.3. The Balaban J connectivity index is 1.20. The molecule has 0 radical (unpaired) electrons. The van der Waals surface area contributed by atoms with Crippen molar-refractivity contribution < 1.29 is 19.0 Å². The second-order valence-electron chi connectivity index (χ2n) is 11.6. The van der Waals surface area contributed by atoms with E-state index in [1.165, 1.54) is 0 Å². The summed E-state index contributed by atoms with van der Waals surface area (Å²) in [6, 6.07) is 16.4. The molecule has 2 aromatic carbocycles. The van der Waals surface area contributed by atoms with Crippen molar-refractivity contribution in [3.8, 4) is 28.4 Å². The third-order valence-corrected chi connectivity index (χ3v) is 9.17. The Morgan fingerprint density at radius 3 is 2.61 bits per heavy atom. The lowest BCUT2D eigenvalue weighted by Gasteiger charge is -2.38. The smallest absolute Gasteiger partial charge is 0.220 e. The predicted molar refractivity (Wildman–Crippen MR) is 178 cm³/mol. The predicted octanol–water partition coefficient (Wildman–Crippen LogP) is 5.80. The SMILES string of the molecule is COc1nc(-c2cccc(-c3nccc(Nc4cccc(CN5CC(CO)C5)c4F)c3Cl)c2Cl)ccc1CNC[C@@H]1CCC(=O)N1. The Morgan fingerprint density at radius 2 is 1.85 bits per heavy atom. The van der Waals surface area contributed by atoms with Crippen LogP contribution in [0, 0.1) is 11.7 Å². The highest BCUT2D eigenvalue weighted by Gasteiger charge is 2.27. The number of nitrogens with zero attached hydrogens (tertiary/aromatic N) is 3. The lowest BCUT2D eigenvalue weighted by atomic mass is 10.00. The maximum Gasteiger partial charge on any atom is 0.220 e. The second kappa shape index (κ2) is 14.3. The van der Waals surface area contributed by atoms with E-state index < -0.39 is 0 Å². The van der Waals surface area contributed by atoms with Crippen LogP contribution in [0.5, 0.6) is 5.88 Å². The minimum atomic E-state index is -0.353. The zero-order valence-electron chi connectivity index (χ0n) is 25.3. The standard InChI is InChI=1S/C34H35Cl2FN6O3/c1-46-34-21(14-38-15-23-9-11-29(45)40-23)8-10-26(42-34)24-5-3-6-25(30(24)35)33-31(36)27(12-13-39-33)41-28-7-2-4-22(32(28)37)18-43-16-20(17-43)19-44/h2-8,10,12-13,20,23,38,44H,9,11,14-19H2,1H3,(H,39,41)(H,40,45)/t23-/m0/s1. The summed E-state index contributed by atoms with van der Waals surface area (Å²) in [7, 11) is 1.57. The molecule has 1 atom stereocenters. The molecule has 240 valence electrons. The van der Waals surface area contributed by atoms with E-state index in [0.29, 0.717) is 81.4 Å². The molecule has 0 unspecified atom stereocenters. The molecule has 1 amide bonds. The number of hydrogen-bond donors (Lipinski definition) is 4. The fraction of sp³-hybridized carbons (Fsp3) is 0.324. The van der Waals surface area contributed by atoms with Crippen LogP contribution in [-0.2, 0) is 17.9 Å². The molecule has 0 aliphatic carbocycles. The molecule has 9 nitrogen and oxygen atoms in total. The number of pyridine rings is 2. The zero-order chi connectivity index (χ0) is 32.2. The highest BCUT2D eigenvalue weighted by Crippen LogP contribution is 2.41. The number of amides is 1. The number of aliphatic hydroxyl groups is 1. The van der Waals surface area contributed by atoms with E-state index >= 15 is 4.39 Å². The van der Waals surface area contributed by atoms with Crippen molar-refractivity contribution in [3.63, 3.8) is 0 Å². The van der Waals surface area contributed by atoms with Gasteiger partial charge in [0.15, 0.2) is 5.82 Å². The van der Waals surface area contributed by atoms with Crippen LogP contribution < -0.4 is 20.7 Å². The number of ether oxygens (including phenoxy) is 1. The first-order valence-corrected chi connectivity index (χ1v) is 16.0.